The number of aromatic nitrogens is 2. The molecule has 3 heteroatoms. The highest BCUT2D eigenvalue weighted by Crippen LogP contribution is 2.29. The van der Waals surface area contributed by atoms with E-state index in [1.165, 1.54) is 22.1 Å². The highest BCUT2D eigenvalue weighted by atomic mass is 14.9. The molecule has 3 aromatic rings. The fourth-order valence-corrected chi connectivity index (χ4v) is 2.76. The summed E-state index contributed by atoms with van der Waals surface area (Å²) < 4.78 is 0. The molecule has 0 aliphatic carbocycles. The maximum absolute atomic E-state index is 4.58. The molecule has 0 aliphatic heterocycles. The fourth-order valence-electron chi connectivity index (χ4n) is 2.76. The van der Waals surface area contributed by atoms with E-state index in [2.05, 4.69) is 59.5 Å². The van der Waals surface area contributed by atoms with Gasteiger partial charge in [0.05, 0.1) is 11.6 Å². The lowest BCUT2D eigenvalue weighted by molar-refractivity contribution is 0.629. The van der Waals surface area contributed by atoms with E-state index in [1.54, 1.807) is 0 Å². The zero-order chi connectivity index (χ0) is 14.7. The fraction of sp³-hybridized carbons (Fsp3) is 0.222. The molecule has 0 saturated heterocycles. The third-order valence-electron chi connectivity index (χ3n) is 3.76. The summed E-state index contributed by atoms with van der Waals surface area (Å²) in [6.45, 7) is 5.13. The van der Waals surface area contributed by atoms with E-state index in [9.17, 15) is 0 Å². The second-order valence-corrected chi connectivity index (χ2v) is 5.15. The molecule has 106 valence electrons. The molecule has 1 aromatic carbocycles. The zero-order valence-electron chi connectivity index (χ0n) is 12.4. The van der Waals surface area contributed by atoms with Crippen molar-refractivity contribution in [1.29, 1.82) is 0 Å². The predicted molar refractivity (Wildman–Crippen MR) is 86.2 cm³/mol. The van der Waals surface area contributed by atoms with Gasteiger partial charge in [0, 0.05) is 24.0 Å². The Morgan fingerprint density at radius 2 is 1.90 bits per heavy atom. The van der Waals surface area contributed by atoms with Crippen molar-refractivity contribution in [3.05, 3.63) is 71.7 Å². The average molecular weight is 277 g/mol. The Kier molecular flexibility index (Phi) is 3.93. The first kappa shape index (κ1) is 13.7. The molecule has 0 bridgehead atoms. The largest absolute Gasteiger partial charge is 0.306 e. The third kappa shape index (κ3) is 2.65. The summed E-state index contributed by atoms with van der Waals surface area (Å²) >= 11 is 0. The lowest BCUT2D eigenvalue weighted by Gasteiger charge is -2.21. The predicted octanol–water partition coefficient (Wildman–Crippen LogP) is 3.64. The lowest BCUT2D eigenvalue weighted by Crippen LogP contribution is -2.23. The Balaban J connectivity index is 2.19. The van der Waals surface area contributed by atoms with E-state index in [1.807, 2.05) is 24.7 Å². The van der Waals surface area contributed by atoms with Gasteiger partial charge in [-0.05, 0) is 42.3 Å². The zero-order valence-corrected chi connectivity index (χ0v) is 12.4. The quantitative estimate of drug-likeness (QED) is 0.791. The standard InChI is InChI=1S/C18H19N3/c1-3-20-18(15-9-11-19-12-13(15)2)16-8-4-6-14-7-5-10-21-17(14)16/h4-12,18,20H,3H2,1-2H3. The van der Waals surface area contributed by atoms with Gasteiger partial charge in [-0.25, -0.2) is 0 Å². The van der Waals surface area contributed by atoms with Crippen molar-refractivity contribution in [3.63, 3.8) is 0 Å². The van der Waals surface area contributed by atoms with E-state index in [0.717, 1.165) is 12.1 Å². The number of hydrogen-bond donors (Lipinski definition) is 1. The Labute approximate surface area is 125 Å². The summed E-state index contributed by atoms with van der Waals surface area (Å²) in [6.07, 6.45) is 5.62. The summed E-state index contributed by atoms with van der Waals surface area (Å²) in [7, 11) is 0. The molecule has 0 fully saturated rings. The second-order valence-electron chi connectivity index (χ2n) is 5.15. The number of fused-ring (bicyclic) bond motifs is 1. The molecule has 1 unspecified atom stereocenters. The molecular formula is C18H19N3. The summed E-state index contributed by atoms with van der Waals surface area (Å²) in [5, 5.41) is 4.75. The van der Waals surface area contributed by atoms with Crippen LogP contribution >= 0.6 is 0 Å². The van der Waals surface area contributed by atoms with Crippen LogP contribution in [0.25, 0.3) is 10.9 Å². The van der Waals surface area contributed by atoms with Crippen LogP contribution in [0.5, 0.6) is 0 Å². The molecule has 2 heterocycles. The molecule has 3 rings (SSSR count). The number of para-hydroxylation sites is 1. The number of nitrogens with one attached hydrogen (secondary N) is 1. The molecule has 0 amide bonds. The molecule has 2 aromatic heterocycles. The second kappa shape index (κ2) is 6.02. The van der Waals surface area contributed by atoms with Crippen LogP contribution in [-0.4, -0.2) is 16.5 Å². The molecular weight excluding hydrogens is 258 g/mol. The Bertz CT molecular complexity index is 747. The lowest BCUT2D eigenvalue weighted by atomic mass is 9.94. The van der Waals surface area contributed by atoms with E-state index < -0.39 is 0 Å². The Hall–Kier alpha value is -2.26. The summed E-state index contributed by atoms with van der Waals surface area (Å²) in [6, 6.07) is 12.7. The Morgan fingerprint density at radius 3 is 2.71 bits per heavy atom. The van der Waals surface area contributed by atoms with E-state index >= 15 is 0 Å². The van der Waals surface area contributed by atoms with Crippen molar-refractivity contribution >= 4 is 10.9 Å². The first-order valence-electron chi connectivity index (χ1n) is 7.28. The van der Waals surface area contributed by atoms with Crippen LogP contribution in [0.4, 0.5) is 0 Å². The van der Waals surface area contributed by atoms with Crippen LogP contribution in [0.3, 0.4) is 0 Å². The van der Waals surface area contributed by atoms with Crippen LogP contribution in [0.2, 0.25) is 0 Å². The number of aryl methyl sites for hydroxylation is 1. The average Bonchev–Trinajstić information content (AvgIpc) is 2.53. The van der Waals surface area contributed by atoms with Gasteiger partial charge >= 0.3 is 0 Å². The highest BCUT2D eigenvalue weighted by Gasteiger charge is 2.17. The van der Waals surface area contributed by atoms with Crippen LogP contribution in [0, 0.1) is 6.92 Å². The number of benzene rings is 1. The SMILES string of the molecule is CCNC(c1ccncc1C)c1cccc2cccnc12. The first-order chi connectivity index (χ1) is 10.3. The number of nitrogens with zero attached hydrogens (tertiary/aromatic N) is 2. The summed E-state index contributed by atoms with van der Waals surface area (Å²) in [5.41, 5.74) is 4.72. The Morgan fingerprint density at radius 1 is 1.05 bits per heavy atom. The number of pyridine rings is 2. The van der Waals surface area contributed by atoms with Crippen molar-refractivity contribution in [3.8, 4) is 0 Å². The minimum atomic E-state index is 0.136. The van der Waals surface area contributed by atoms with Crippen molar-refractivity contribution in [2.24, 2.45) is 0 Å². The van der Waals surface area contributed by atoms with Crippen LogP contribution < -0.4 is 5.32 Å². The summed E-state index contributed by atoms with van der Waals surface area (Å²) in [4.78, 5) is 8.78. The topological polar surface area (TPSA) is 37.8 Å². The molecule has 3 nitrogen and oxygen atoms in total. The van der Waals surface area contributed by atoms with E-state index in [-0.39, 0.29) is 6.04 Å². The molecule has 0 radical (unpaired) electrons. The maximum Gasteiger partial charge on any atom is 0.0753 e. The van der Waals surface area contributed by atoms with Crippen molar-refractivity contribution < 1.29 is 0 Å². The highest BCUT2D eigenvalue weighted by molar-refractivity contribution is 5.82. The van der Waals surface area contributed by atoms with Crippen molar-refractivity contribution in [2.75, 3.05) is 6.54 Å². The monoisotopic (exact) mass is 277 g/mol. The van der Waals surface area contributed by atoms with Crippen LogP contribution in [-0.2, 0) is 0 Å². The minimum absolute atomic E-state index is 0.136. The van der Waals surface area contributed by atoms with E-state index in [4.69, 9.17) is 0 Å². The van der Waals surface area contributed by atoms with Gasteiger partial charge in [0.2, 0.25) is 0 Å². The first-order valence-corrected chi connectivity index (χ1v) is 7.28. The normalized spacial score (nSPS) is 12.5. The maximum atomic E-state index is 4.58. The van der Waals surface area contributed by atoms with Crippen molar-refractivity contribution in [1.82, 2.24) is 15.3 Å². The van der Waals surface area contributed by atoms with Gasteiger partial charge in [-0.1, -0.05) is 31.2 Å². The number of rotatable bonds is 4. The van der Waals surface area contributed by atoms with Gasteiger partial charge in [-0.3, -0.25) is 9.97 Å². The van der Waals surface area contributed by atoms with E-state index in [0.29, 0.717) is 0 Å². The van der Waals surface area contributed by atoms with Gasteiger partial charge < -0.3 is 5.32 Å². The van der Waals surface area contributed by atoms with Gasteiger partial charge in [0.1, 0.15) is 0 Å². The smallest absolute Gasteiger partial charge is 0.0753 e. The molecule has 1 atom stereocenters. The van der Waals surface area contributed by atoms with Crippen molar-refractivity contribution in [2.45, 2.75) is 19.9 Å². The molecule has 21 heavy (non-hydrogen) atoms. The molecule has 0 saturated carbocycles. The van der Waals surface area contributed by atoms with Gasteiger partial charge in [-0.15, -0.1) is 0 Å². The van der Waals surface area contributed by atoms with Gasteiger partial charge in [-0.2, -0.15) is 0 Å². The summed E-state index contributed by atoms with van der Waals surface area (Å²) in [5.74, 6) is 0. The molecule has 0 aliphatic rings. The number of hydrogen-bond acceptors (Lipinski definition) is 3. The van der Waals surface area contributed by atoms with Gasteiger partial charge in [0.15, 0.2) is 0 Å². The minimum Gasteiger partial charge on any atom is -0.306 e. The molecule has 0 spiro atoms. The van der Waals surface area contributed by atoms with Crippen LogP contribution in [0.15, 0.2) is 55.0 Å². The third-order valence-corrected chi connectivity index (χ3v) is 3.76. The van der Waals surface area contributed by atoms with Gasteiger partial charge in [0.25, 0.3) is 0 Å². The molecule has 1 N–H and O–H groups in total. The van der Waals surface area contributed by atoms with Crippen LogP contribution in [0.1, 0.15) is 29.7 Å².